The molecule has 0 aromatic carbocycles. The van der Waals surface area contributed by atoms with E-state index in [1.54, 1.807) is 7.11 Å². The lowest BCUT2D eigenvalue weighted by Crippen LogP contribution is -2.24. The number of methoxy groups -OCH3 is 1. The molecule has 6 heteroatoms. The number of unbranched alkanes of at least 4 members (excludes halogenated alkanes) is 11. The van der Waals surface area contributed by atoms with Crippen LogP contribution in [0.5, 0.6) is 0 Å². The lowest BCUT2D eigenvalue weighted by Gasteiger charge is -2.12. The maximum atomic E-state index is 11.7. The third-order valence-electron chi connectivity index (χ3n) is 5.19. The minimum atomic E-state index is -0.799. The van der Waals surface area contributed by atoms with E-state index < -0.39 is 6.10 Å². The number of rotatable bonds is 25. The van der Waals surface area contributed by atoms with Crippen LogP contribution >= 0.6 is 0 Å². The molecule has 0 spiro atoms. The SMILES string of the molecule is CCCCCCCC/C=C\CCCCCCCC(=O)OCC(O)COCCOCCOC. The fourth-order valence-corrected chi connectivity index (χ4v) is 3.23. The normalized spacial score (nSPS) is 12.5. The summed E-state index contributed by atoms with van der Waals surface area (Å²) in [5, 5.41) is 9.77. The first-order valence-corrected chi connectivity index (χ1v) is 12.8. The van der Waals surface area contributed by atoms with Crippen molar-refractivity contribution in [3.63, 3.8) is 0 Å². The van der Waals surface area contributed by atoms with Crippen molar-refractivity contribution in [2.75, 3.05) is 46.8 Å². The van der Waals surface area contributed by atoms with Crippen molar-refractivity contribution in [2.24, 2.45) is 0 Å². The van der Waals surface area contributed by atoms with Crippen molar-refractivity contribution in [3.05, 3.63) is 12.2 Å². The second kappa shape index (κ2) is 26.3. The lowest BCUT2D eigenvalue weighted by atomic mass is 10.1. The Morgan fingerprint density at radius 3 is 1.97 bits per heavy atom. The molecule has 190 valence electrons. The summed E-state index contributed by atoms with van der Waals surface area (Å²) < 4.78 is 20.5. The highest BCUT2D eigenvalue weighted by Crippen LogP contribution is 2.10. The monoisotopic (exact) mass is 458 g/mol. The number of aliphatic hydroxyl groups is 1. The highest BCUT2D eigenvalue weighted by atomic mass is 16.6. The first-order chi connectivity index (χ1) is 15.7. The van der Waals surface area contributed by atoms with Gasteiger partial charge in [0, 0.05) is 13.5 Å². The van der Waals surface area contributed by atoms with Gasteiger partial charge >= 0.3 is 5.97 Å². The summed E-state index contributed by atoms with van der Waals surface area (Å²) >= 11 is 0. The van der Waals surface area contributed by atoms with Crippen LogP contribution < -0.4 is 0 Å². The molecule has 1 atom stereocenters. The van der Waals surface area contributed by atoms with Gasteiger partial charge in [-0.15, -0.1) is 0 Å². The number of carbonyl (C=O) groups excluding carboxylic acids is 1. The molecule has 6 nitrogen and oxygen atoms in total. The van der Waals surface area contributed by atoms with Crippen LogP contribution in [0.25, 0.3) is 0 Å². The second-order valence-corrected chi connectivity index (χ2v) is 8.35. The molecule has 0 fully saturated rings. The fraction of sp³-hybridized carbons (Fsp3) is 0.885. The van der Waals surface area contributed by atoms with Crippen molar-refractivity contribution < 1.29 is 28.8 Å². The summed E-state index contributed by atoms with van der Waals surface area (Å²) in [5.41, 5.74) is 0. The Kier molecular flexibility index (Phi) is 25.5. The van der Waals surface area contributed by atoms with E-state index in [-0.39, 0.29) is 19.2 Å². The first-order valence-electron chi connectivity index (χ1n) is 12.8. The van der Waals surface area contributed by atoms with Gasteiger partial charge in [0.1, 0.15) is 12.7 Å². The molecule has 32 heavy (non-hydrogen) atoms. The molecule has 0 bridgehead atoms. The molecule has 0 aliphatic carbocycles. The summed E-state index contributed by atoms with van der Waals surface area (Å²) in [7, 11) is 1.62. The van der Waals surface area contributed by atoms with Crippen LogP contribution in [0, 0.1) is 0 Å². The van der Waals surface area contributed by atoms with E-state index in [2.05, 4.69) is 19.1 Å². The zero-order chi connectivity index (χ0) is 23.5. The maximum Gasteiger partial charge on any atom is 0.305 e. The number of aliphatic hydroxyl groups excluding tert-OH is 1. The molecule has 0 aromatic heterocycles. The zero-order valence-electron chi connectivity index (χ0n) is 20.9. The van der Waals surface area contributed by atoms with Crippen molar-refractivity contribution in [2.45, 2.75) is 103 Å². The summed E-state index contributed by atoms with van der Waals surface area (Å²) in [6, 6.07) is 0. The largest absolute Gasteiger partial charge is 0.463 e. The third-order valence-corrected chi connectivity index (χ3v) is 5.19. The first kappa shape index (κ1) is 31.0. The summed E-state index contributed by atoms with van der Waals surface area (Å²) in [6.45, 7) is 4.29. The molecule has 0 saturated heterocycles. The molecule has 0 rings (SSSR count). The molecular weight excluding hydrogens is 408 g/mol. The van der Waals surface area contributed by atoms with Gasteiger partial charge in [-0.05, 0) is 32.1 Å². The van der Waals surface area contributed by atoms with E-state index in [0.717, 1.165) is 25.7 Å². The van der Waals surface area contributed by atoms with Gasteiger partial charge in [0.25, 0.3) is 0 Å². The van der Waals surface area contributed by atoms with Crippen LogP contribution in [0.1, 0.15) is 96.8 Å². The molecule has 0 aromatic rings. The van der Waals surface area contributed by atoms with E-state index in [9.17, 15) is 9.90 Å². The van der Waals surface area contributed by atoms with Gasteiger partial charge in [-0.1, -0.05) is 70.4 Å². The lowest BCUT2D eigenvalue weighted by molar-refractivity contribution is -0.148. The van der Waals surface area contributed by atoms with E-state index in [4.69, 9.17) is 18.9 Å². The van der Waals surface area contributed by atoms with Crippen LogP contribution in [-0.2, 0) is 23.7 Å². The third kappa shape index (κ3) is 25.3. The average molecular weight is 459 g/mol. The van der Waals surface area contributed by atoms with Gasteiger partial charge in [-0.2, -0.15) is 0 Å². The van der Waals surface area contributed by atoms with Gasteiger partial charge in [0.2, 0.25) is 0 Å². The Bertz CT molecular complexity index is 413. The number of carbonyl (C=O) groups is 1. The maximum absolute atomic E-state index is 11.7. The molecule has 0 radical (unpaired) electrons. The molecule has 0 aliphatic rings. The highest BCUT2D eigenvalue weighted by molar-refractivity contribution is 5.69. The number of hydrogen-bond acceptors (Lipinski definition) is 6. The molecule has 0 aliphatic heterocycles. The summed E-state index contributed by atoms with van der Waals surface area (Å²) in [4.78, 5) is 11.7. The van der Waals surface area contributed by atoms with Crippen LogP contribution in [0.2, 0.25) is 0 Å². The van der Waals surface area contributed by atoms with Crippen molar-refractivity contribution in [3.8, 4) is 0 Å². The van der Waals surface area contributed by atoms with Crippen LogP contribution in [0.3, 0.4) is 0 Å². The molecule has 0 heterocycles. The van der Waals surface area contributed by atoms with Gasteiger partial charge in [-0.25, -0.2) is 0 Å². The highest BCUT2D eigenvalue weighted by Gasteiger charge is 2.09. The standard InChI is InChI=1S/C26H50O6/c1-3-4-5-6-7-8-9-10-11-12-13-14-15-16-17-18-26(28)32-24-25(27)23-31-22-21-30-20-19-29-2/h10-11,25,27H,3-9,12-24H2,1-2H3/b11-10-. The Morgan fingerprint density at radius 1 is 0.750 bits per heavy atom. The predicted octanol–water partition coefficient (Wildman–Crippen LogP) is 5.61. The van der Waals surface area contributed by atoms with Crippen LogP contribution in [-0.4, -0.2) is 63.9 Å². The quantitative estimate of drug-likeness (QED) is 0.109. The molecule has 1 unspecified atom stereocenters. The smallest absolute Gasteiger partial charge is 0.305 e. The molecular formula is C26H50O6. The molecule has 1 N–H and O–H groups in total. The Hall–Kier alpha value is -0.950. The van der Waals surface area contributed by atoms with Crippen LogP contribution in [0.4, 0.5) is 0 Å². The Labute approximate surface area is 197 Å². The minimum absolute atomic E-state index is 0.0194. The number of ether oxygens (including phenoxy) is 4. The summed E-state index contributed by atoms with van der Waals surface area (Å²) in [6.07, 6.45) is 20.3. The zero-order valence-corrected chi connectivity index (χ0v) is 20.9. The fourth-order valence-electron chi connectivity index (χ4n) is 3.23. The predicted molar refractivity (Wildman–Crippen MR) is 130 cm³/mol. The number of esters is 1. The Balaban J connectivity index is 3.32. The van der Waals surface area contributed by atoms with Gasteiger partial charge in [0.15, 0.2) is 0 Å². The second-order valence-electron chi connectivity index (χ2n) is 8.35. The Morgan fingerprint density at radius 2 is 1.31 bits per heavy atom. The summed E-state index contributed by atoms with van der Waals surface area (Å²) in [5.74, 6) is -0.246. The molecule has 0 saturated carbocycles. The number of allylic oxidation sites excluding steroid dienone is 2. The topological polar surface area (TPSA) is 74.2 Å². The molecule has 0 amide bonds. The van der Waals surface area contributed by atoms with Crippen molar-refractivity contribution >= 4 is 5.97 Å². The van der Waals surface area contributed by atoms with Crippen molar-refractivity contribution in [1.82, 2.24) is 0 Å². The van der Waals surface area contributed by atoms with E-state index in [1.165, 1.54) is 57.8 Å². The van der Waals surface area contributed by atoms with Crippen LogP contribution in [0.15, 0.2) is 12.2 Å². The average Bonchev–Trinajstić information content (AvgIpc) is 2.79. The van der Waals surface area contributed by atoms with Gasteiger partial charge in [0.05, 0.1) is 33.0 Å². The van der Waals surface area contributed by atoms with E-state index >= 15 is 0 Å². The minimum Gasteiger partial charge on any atom is -0.463 e. The van der Waals surface area contributed by atoms with E-state index in [1.807, 2.05) is 0 Å². The van der Waals surface area contributed by atoms with Gasteiger partial charge in [-0.3, -0.25) is 4.79 Å². The number of hydrogen-bond donors (Lipinski definition) is 1. The van der Waals surface area contributed by atoms with Gasteiger partial charge < -0.3 is 24.1 Å². The van der Waals surface area contributed by atoms with E-state index in [0.29, 0.717) is 32.8 Å². The van der Waals surface area contributed by atoms with Crippen molar-refractivity contribution in [1.29, 1.82) is 0 Å².